The second kappa shape index (κ2) is 12.5. The molecule has 3 atom stereocenters. The molecule has 0 unspecified atom stereocenters. The second-order valence-electron chi connectivity index (χ2n) is 13.7. The Morgan fingerprint density at radius 1 is 1.02 bits per heavy atom. The van der Waals surface area contributed by atoms with Crippen molar-refractivity contribution in [1.82, 2.24) is 15.2 Å². The van der Waals surface area contributed by atoms with Crippen molar-refractivity contribution in [2.75, 3.05) is 13.1 Å². The molecule has 9 heteroatoms. The number of amides is 2. The average molecular weight is 594 g/mol. The number of nitrogens with one attached hydrogen (secondary N) is 2. The molecule has 228 valence electrons. The van der Waals surface area contributed by atoms with Crippen LogP contribution in [0.15, 0.2) is 60.8 Å². The Balaban J connectivity index is 1.69. The number of benzene rings is 2. The van der Waals surface area contributed by atoms with Gasteiger partial charge in [0.25, 0.3) is 0 Å². The Morgan fingerprint density at radius 3 is 2.36 bits per heavy atom. The third-order valence-corrected chi connectivity index (χ3v) is 12.9. The number of carbonyl (C=O) groups excluding carboxylic acids is 2. The van der Waals surface area contributed by atoms with Crippen molar-refractivity contribution >= 4 is 31.4 Å². The van der Waals surface area contributed by atoms with Gasteiger partial charge in [0.15, 0.2) is 8.32 Å². The minimum absolute atomic E-state index is 0.00728. The first kappa shape index (κ1) is 31.6. The number of ether oxygens (including phenoxy) is 2. The van der Waals surface area contributed by atoms with Crippen LogP contribution in [0.1, 0.15) is 65.0 Å². The molecule has 0 saturated carbocycles. The van der Waals surface area contributed by atoms with Gasteiger partial charge in [-0.05, 0) is 62.5 Å². The Bertz CT molecular complexity index is 1360. The van der Waals surface area contributed by atoms with Crippen LogP contribution in [0.2, 0.25) is 18.1 Å². The second-order valence-corrected chi connectivity index (χ2v) is 18.5. The van der Waals surface area contributed by atoms with E-state index in [1.165, 1.54) is 0 Å². The number of hydrogen-bond acceptors (Lipinski definition) is 5. The Labute approximate surface area is 251 Å². The van der Waals surface area contributed by atoms with Crippen LogP contribution in [-0.4, -0.2) is 61.2 Å². The summed E-state index contributed by atoms with van der Waals surface area (Å²) >= 11 is 0. The summed E-state index contributed by atoms with van der Waals surface area (Å²) < 4.78 is 18.5. The lowest BCUT2D eigenvalue weighted by molar-refractivity contribution is 0.0128. The van der Waals surface area contributed by atoms with Crippen molar-refractivity contribution in [3.8, 4) is 0 Å². The lowest BCUT2D eigenvalue weighted by Crippen LogP contribution is -2.52. The predicted octanol–water partition coefficient (Wildman–Crippen LogP) is 7.58. The number of hydrogen-bond donors (Lipinski definition) is 2. The molecule has 1 aliphatic heterocycles. The van der Waals surface area contributed by atoms with Gasteiger partial charge in [-0.25, -0.2) is 9.59 Å². The number of para-hydroxylation sites is 1. The van der Waals surface area contributed by atoms with Gasteiger partial charge in [0.1, 0.15) is 12.2 Å². The third-order valence-electron chi connectivity index (χ3n) is 8.39. The highest BCUT2D eigenvalue weighted by atomic mass is 28.4. The van der Waals surface area contributed by atoms with Crippen molar-refractivity contribution < 1.29 is 23.5 Å². The van der Waals surface area contributed by atoms with E-state index in [9.17, 15) is 9.59 Å². The molecular formula is C33H47N3O5Si. The van der Waals surface area contributed by atoms with E-state index in [2.05, 4.69) is 50.2 Å². The van der Waals surface area contributed by atoms with Gasteiger partial charge in [0.05, 0.1) is 12.1 Å². The molecule has 1 aromatic heterocycles. The highest BCUT2D eigenvalue weighted by Crippen LogP contribution is 2.42. The summed E-state index contributed by atoms with van der Waals surface area (Å²) in [5.74, 6) is -0.282. The molecule has 0 bridgehead atoms. The standard InChI is InChI=1S/C33H47N3O5Si/c1-32(2,3)40-31(38)36-19-18-28(41-42(7,8)33(4,5)6)29(36)26(25-20-34-27-17-13-12-16-24(25)27)21-35-30(37)39-22-23-14-10-9-11-15-23/h9-17,20,26,28-29,34H,18-19,21-22H2,1-8H3,(H,35,37)/t26-,28-,29+/m0/s1. The number of carbonyl (C=O) groups is 2. The fourth-order valence-corrected chi connectivity index (χ4v) is 6.63. The van der Waals surface area contributed by atoms with E-state index in [0.29, 0.717) is 13.0 Å². The quantitative estimate of drug-likeness (QED) is 0.263. The number of aromatic amines is 1. The number of aromatic nitrogens is 1. The largest absolute Gasteiger partial charge is 0.445 e. The summed E-state index contributed by atoms with van der Waals surface area (Å²) in [4.78, 5) is 31.8. The van der Waals surface area contributed by atoms with Crippen LogP contribution in [-0.2, 0) is 20.5 Å². The van der Waals surface area contributed by atoms with Crippen molar-refractivity contribution in [3.05, 3.63) is 71.9 Å². The first-order chi connectivity index (χ1) is 19.7. The fraction of sp³-hybridized carbons (Fsp3) is 0.515. The van der Waals surface area contributed by atoms with E-state index >= 15 is 0 Å². The van der Waals surface area contributed by atoms with Crippen LogP contribution in [0.4, 0.5) is 9.59 Å². The summed E-state index contributed by atoms with van der Waals surface area (Å²) in [6.45, 7) is 17.7. The molecule has 8 nitrogen and oxygen atoms in total. The van der Waals surface area contributed by atoms with E-state index in [1.54, 1.807) is 0 Å². The van der Waals surface area contributed by atoms with Crippen LogP contribution in [0.25, 0.3) is 10.9 Å². The van der Waals surface area contributed by atoms with Gasteiger partial charge in [0.2, 0.25) is 0 Å². The van der Waals surface area contributed by atoms with Crippen molar-refractivity contribution in [1.29, 1.82) is 0 Å². The summed E-state index contributed by atoms with van der Waals surface area (Å²) in [6, 6.07) is 17.3. The van der Waals surface area contributed by atoms with E-state index in [-0.39, 0.29) is 42.3 Å². The summed E-state index contributed by atoms with van der Waals surface area (Å²) in [7, 11) is -2.20. The highest BCUT2D eigenvalue weighted by molar-refractivity contribution is 6.74. The molecule has 1 saturated heterocycles. The van der Waals surface area contributed by atoms with Crippen LogP contribution >= 0.6 is 0 Å². The highest BCUT2D eigenvalue weighted by Gasteiger charge is 2.49. The minimum atomic E-state index is -2.20. The van der Waals surface area contributed by atoms with E-state index in [1.807, 2.05) is 80.4 Å². The lowest BCUT2D eigenvalue weighted by atomic mass is 9.88. The summed E-state index contributed by atoms with van der Waals surface area (Å²) in [6.07, 6.45) is 1.58. The molecular weight excluding hydrogens is 546 g/mol. The van der Waals surface area contributed by atoms with E-state index in [4.69, 9.17) is 13.9 Å². The molecule has 1 aliphatic rings. The van der Waals surface area contributed by atoms with Crippen molar-refractivity contribution in [2.24, 2.45) is 0 Å². The molecule has 3 aromatic rings. The smallest absolute Gasteiger partial charge is 0.410 e. The van der Waals surface area contributed by atoms with E-state index in [0.717, 1.165) is 22.0 Å². The molecule has 0 radical (unpaired) electrons. The van der Waals surface area contributed by atoms with Crippen LogP contribution in [0.5, 0.6) is 0 Å². The maximum absolute atomic E-state index is 13.7. The SMILES string of the molecule is CC(C)(C)OC(=O)N1CC[C@H](O[Si](C)(C)C(C)(C)C)[C@H]1[C@@H](CNC(=O)OCc1ccccc1)c1c[nH]c2ccccc12. The fourth-order valence-electron chi connectivity index (χ4n) is 5.26. The number of nitrogens with zero attached hydrogens (tertiary/aromatic N) is 1. The van der Waals surface area contributed by atoms with Gasteiger partial charge in [-0.15, -0.1) is 0 Å². The molecule has 2 heterocycles. The zero-order valence-electron chi connectivity index (χ0n) is 26.3. The van der Waals surface area contributed by atoms with Gasteiger partial charge < -0.3 is 29.1 Å². The number of alkyl carbamates (subject to hydrolysis) is 1. The van der Waals surface area contributed by atoms with Crippen LogP contribution < -0.4 is 5.32 Å². The van der Waals surface area contributed by atoms with Crippen molar-refractivity contribution in [3.63, 3.8) is 0 Å². The Morgan fingerprint density at radius 2 is 1.69 bits per heavy atom. The van der Waals surface area contributed by atoms with E-state index < -0.39 is 20.0 Å². The van der Waals surface area contributed by atoms with Crippen LogP contribution in [0, 0.1) is 0 Å². The Kier molecular flexibility index (Phi) is 9.42. The topological polar surface area (TPSA) is 92.9 Å². The van der Waals surface area contributed by atoms with Gasteiger partial charge in [-0.2, -0.15) is 0 Å². The van der Waals surface area contributed by atoms with Gasteiger partial charge in [-0.1, -0.05) is 69.3 Å². The van der Waals surface area contributed by atoms with Gasteiger partial charge >= 0.3 is 12.2 Å². The van der Waals surface area contributed by atoms with Crippen molar-refractivity contribution in [2.45, 2.75) is 96.4 Å². The molecule has 2 aromatic carbocycles. The summed E-state index contributed by atoms with van der Waals surface area (Å²) in [5, 5.41) is 4.04. The molecule has 1 fully saturated rings. The molecule has 42 heavy (non-hydrogen) atoms. The van der Waals surface area contributed by atoms with Gasteiger partial charge in [0, 0.05) is 36.1 Å². The minimum Gasteiger partial charge on any atom is -0.445 e. The summed E-state index contributed by atoms with van der Waals surface area (Å²) in [5.41, 5.74) is 2.28. The number of likely N-dealkylation sites (tertiary alicyclic amines) is 1. The number of H-pyrrole nitrogens is 1. The maximum atomic E-state index is 13.7. The first-order valence-electron chi connectivity index (χ1n) is 14.8. The maximum Gasteiger partial charge on any atom is 0.410 e. The van der Waals surface area contributed by atoms with Gasteiger partial charge in [-0.3, -0.25) is 0 Å². The molecule has 0 aliphatic carbocycles. The molecule has 2 N–H and O–H groups in total. The number of rotatable bonds is 8. The Hall–Kier alpha value is -3.30. The predicted molar refractivity (Wildman–Crippen MR) is 169 cm³/mol. The van der Waals surface area contributed by atoms with Crippen LogP contribution in [0.3, 0.4) is 0 Å². The molecule has 0 spiro atoms. The molecule has 2 amide bonds. The monoisotopic (exact) mass is 593 g/mol. The normalized spacial score (nSPS) is 18.6. The zero-order chi connectivity index (χ0) is 30.7. The lowest BCUT2D eigenvalue weighted by Gasteiger charge is -2.42. The number of fused-ring (bicyclic) bond motifs is 1. The zero-order valence-corrected chi connectivity index (χ0v) is 27.3. The molecule has 4 rings (SSSR count). The average Bonchev–Trinajstić information content (AvgIpc) is 3.51. The first-order valence-corrected chi connectivity index (χ1v) is 17.7. The third kappa shape index (κ3) is 7.55.